The minimum Gasteiger partial charge on any atom is -0.456 e. The first-order valence-electron chi connectivity index (χ1n) is 27.0. The molecule has 0 saturated carbocycles. The smallest absolute Gasteiger partial charge is 0.136 e. The quantitative estimate of drug-likeness (QED) is 0.122. The van der Waals surface area contributed by atoms with Gasteiger partial charge < -0.3 is 14.2 Å². The maximum atomic E-state index is 6.99. The highest BCUT2D eigenvalue weighted by Gasteiger charge is 2.27. The molecule has 77 heavy (non-hydrogen) atoms. The Morgan fingerprint density at radius 2 is 0.623 bits per heavy atom. The molecule has 1 aromatic heterocycles. The Hall–Kier alpha value is -9.44. The van der Waals surface area contributed by atoms with Crippen LogP contribution in [-0.4, -0.2) is 0 Å². The molecule has 13 aromatic rings. The summed E-state index contributed by atoms with van der Waals surface area (Å²) < 4.78 is 6.99. The maximum absolute atomic E-state index is 6.99. The molecule has 0 aliphatic carbocycles. The van der Waals surface area contributed by atoms with Crippen molar-refractivity contribution < 1.29 is 4.42 Å². The van der Waals surface area contributed by atoms with E-state index in [-0.39, 0.29) is 11.8 Å². The number of benzene rings is 12. The van der Waals surface area contributed by atoms with Crippen LogP contribution < -0.4 is 9.80 Å². The van der Waals surface area contributed by atoms with E-state index in [4.69, 9.17) is 4.42 Å². The summed E-state index contributed by atoms with van der Waals surface area (Å²) in [6.07, 6.45) is 0. The lowest BCUT2D eigenvalue weighted by molar-refractivity contribution is 0.670. The first kappa shape index (κ1) is 47.3. The Balaban J connectivity index is 0.984. The van der Waals surface area contributed by atoms with Crippen molar-refractivity contribution in [1.82, 2.24) is 0 Å². The van der Waals surface area contributed by atoms with E-state index in [1.807, 2.05) is 0 Å². The molecule has 13 rings (SSSR count). The van der Waals surface area contributed by atoms with Crippen LogP contribution in [0.5, 0.6) is 0 Å². The number of nitrogens with zero attached hydrogens (tertiary/aromatic N) is 2. The van der Waals surface area contributed by atoms with Crippen LogP contribution in [0.15, 0.2) is 271 Å². The van der Waals surface area contributed by atoms with E-state index < -0.39 is 0 Å². The summed E-state index contributed by atoms with van der Waals surface area (Å²) in [6.45, 7) is 9.19. The molecule has 370 valence electrons. The average Bonchev–Trinajstić information content (AvgIpc) is 3.92. The van der Waals surface area contributed by atoms with Gasteiger partial charge in [0.15, 0.2) is 0 Å². The number of para-hydroxylation sites is 4. The lowest BCUT2D eigenvalue weighted by Gasteiger charge is -2.33. The van der Waals surface area contributed by atoms with Gasteiger partial charge in [-0.15, -0.1) is 0 Å². The summed E-state index contributed by atoms with van der Waals surface area (Å²) in [6, 6.07) is 97.3. The molecule has 3 nitrogen and oxygen atoms in total. The first-order chi connectivity index (χ1) is 37.9. The molecule has 0 aliphatic rings. The van der Waals surface area contributed by atoms with Crippen LogP contribution in [0.25, 0.3) is 88.0 Å². The van der Waals surface area contributed by atoms with Gasteiger partial charge in [0.25, 0.3) is 0 Å². The molecule has 0 amide bonds. The predicted octanol–water partition coefficient (Wildman–Crippen LogP) is 21.7. The van der Waals surface area contributed by atoms with Crippen molar-refractivity contribution >= 4 is 77.6 Å². The van der Waals surface area contributed by atoms with Crippen molar-refractivity contribution in [2.45, 2.75) is 39.5 Å². The van der Waals surface area contributed by atoms with Gasteiger partial charge >= 0.3 is 0 Å². The van der Waals surface area contributed by atoms with E-state index in [9.17, 15) is 0 Å². The molecule has 0 atom stereocenters. The van der Waals surface area contributed by atoms with Gasteiger partial charge in [0, 0.05) is 44.4 Å². The van der Waals surface area contributed by atoms with Gasteiger partial charge in [-0.3, -0.25) is 0 Å². The van der Waals surface area contributed by atoms with Crippen LogP contribution in [0.4, 0.5) is 34.1 Å². The van der Waals surface area contributed by atoms with E-state index in [1.54, 1.807) is 0 Å². The van der Waals surface area contributed by atoms with Crippen molar-refractivity contribution in [3.8, 4) is 44.5 Å². The second kappa shape index (κ2) is 20.0. The van der Waals surface area contributed by atoms with Gasteiger partial charge in [-0.05, 0) is 127 Å². The van der Waals surface area contributed by atoms with Crippen LogP contribution in [-0.2, 0) is 0 Å². The summed E-state index contributed by atoms with van der Waals surface area (Å²) in [5.74, 6) is 0.524. The lowest BCUT2D eigenvalue weighted by Crippen LogP contribution is -2.15. The molecule has 1 heterocycles. The number of rotatable bonds is 12. The zero-order valence-corrected chi connectivity index (χ0v) is 43.9. The first-order valence-corrected chi connectivity index (χ1v) is 27.0. The SMILES string of the molecule is CC(C)c1cccc(-c2ccccc2)c1N(c1ccc2cc3c(cc2c1)oc1cc2cc(N(c4ccccc4-c4ccccc4)c4c(-c5ccccc5)cccc4C(C)C)ccc2cc13)c1ccccc1-c1ccccc1. The molecule has 0 spiro atoms. The van der Waals surface area contributed by atoms with E-state index in [0.29, 0.717) is 0 Å². The van der Waals surface area contributed by atoms with Gasteiger partial charge in [0.05, 0.1) is 22.7 Å². The Morgan fingerprint density at radius 3 is 1.00 bits per heavy atom. The van der Waals surface area contributed by atoms with E-state index in [0.717, 1.165) is 77.4 Å². The fourth-order valence-corrected chi connectivity index (χ4v) is 11.6. The summed E-state index contributed by atoms with van der Waals surface area (Å²) in [5.41, 5.74) is 20.4. The highest BCUT2D eigenvalue weighted by molar-refractivity contribution is 6.14. The summed E-state index contributed by atoms with van der Waals surface area (Å²) >= 11 is 0. The molecular weight excluding hydrogens is 933 g/mol. The lowest BCUT2D eigenvalue weighted by atomic mass is 9.91. The molecule has 0 bridgehead atoms. The van der Waals surface area contributed by atoms with Crippen molar-refractivity contribution in [3.05, 3.63) is 278 Å². The fourth-order valence-electron chi connectivity index (χ4n) is 11.6. The number of fused-ring (bicyclic) bond motifs is 5. The summed E-state index contributed by atoms with van der Waals surface area (Å²) in [7, 11) is 0. The Labute approximate surface area is 451 Å². The standard InChI is InChI=1S/C74H58N2O/c1-49(2)61-33-21-35-65(53-27-13-7-14-28-53)73(61)75(69-37-19-17-31-63(69)51-23-9-5-10-24-51)59-41-39-55-45-67-68-46-56-40-42-60(44-58(56)48-72(68)77-71(67)47-57(55)43-59)76(70-38-20-18-32-64(70)52-25-11-6-12-26-52)74-62(50(3)4)34-22-36-66(74)54-29-15-8-16-30-54/h5-50H,1-4H3. The highest BCUT2D eigenvalue weighted by atomic mass is 16.3. The van der Waals surface area contributed by atoms with Crippen LogP contribution in [0.1, 0.15) is 50.7 Å². The molecule has 0 saturated heterocycles. The Bertz CT molecular complexity index is 4000. The van der Waals surface area contributed by atoms with Crippen molar-refractivity contribution in [2.75, 3.05) is 9.80 Å². The van der Waals surface area contributed by atoms with Crippen molar-refractivity contribution in [2.24, 2.45) is 0 Å². The molecule has 0 aliphatic heterocycles. The molecule has 3 heteroatoms. The second-order valence-electron chi connectivity index (χ2n) is 20.8. The van der Waals surface area contributed by atoms with E-state index >= 15 is 0 Å². The number of hydrogen-bond donors (Lipinski definition) is 0. The average molecular weight is 991 g/mol. The van der Waals surface area contributed by atoms with Gasteiger partial charge in [-0.1, -0.05) is 234 Å². The van der Waals surface area contributed by atoms with Gasteiger partial charge in [-0.2, -0.15) is 0 Å². The minimum absolute atomic E-state index is 0.262. The van der Waals surface area contributed by atoms with Crippen LogP contribution >= 0.6 is 0 Å². The Morgan fingerprint density at radius 1 is 0.286 bits per heavy atom. The highest BCUT2D eigenvalue weighted by Crippen LogP contribution is 2.51. The minimum atomic E-state index is 0.262. The number of furan rings is 1. The fraction of sp³-hybridized carbons (Fsp3) is 0.0811. The molecular formula is C74H58N2O. The molecule has 0 radical (unpaired) electrons. The van der Waals surface area contributed by atoms with Crippen molar-refractivity contribution in [3.63, 3.8) is 0 Å². The largest absolute Gasteiger partial charge is 0.456 e. The number of anilines is 6. The molecule has 0 N–H and O–H groups in total. The predicted molar refractivity (Wildman–Crippen MR) is 328 cm³/mol. The summed E-state index contributed by atoms with van der Waals surface area (Å²) in [5, 5.41) is 6.73. The van der Waals surface area contributed by atoms with Gasteiger partial charge in [-0.25, -0.2) is 0 Å². The monoisotopic (exact) mass is 990 g/mol. The third-order valence-corrected chi connectivity index (χ3v) is 15.3. The third-order valence-electron chi connectivity index (χ3n) is 15.3. The van der Waals surface area contributed by atoms with Crippen molar-refractivity contribution in [1.29, 1.82) is 0 Å². The van der Waals surface area contributed by atoms with Gasteiger partial charge in [0.2, 0.25) is 0 Å². The van der Waals surface area contributed by atoms with Crippen LogP contribution in [0.2, 0.25) is 0 Å². The normalized spacial score (nSPS) is 11.6. The molecule has 0 fully saturated rings. The van der Waals surface area contributed by atoms with Crippen LogP contribution in [0.3, 0.4) is 0 Å². The zero-order valence-electron chi connectivity index (χ0n) is 43.9. The summed E-state index contributed by atoms with van der Waals surface area (Å²) in [4.78, 5) is 4.99. The maximum Gasteiger partial charge on any atom is 0.136 e. The number of hydrogen-bond acceptors (Lipinski definition) is 3. The van der Waals surface area contributed by atoms with E-state index in [1.165, 1.54) is 55.9 Å². The van der Waals surface area contributed by atoms with E-state index in [2.05, 4.69) is 304 Å². The second-order valence-corrected chi connectivity index (χ2v) is 20.8. The Kier molecular flexibility index (Phi) is 12.3. The zero-order chi connectivity index (χ0) is 52.0. The third kappa shape index (κ3) is 8.70. The topological polar surface area (TPSA) is 19.6 Å². The molecule has 12 aromatic carbocycles. The van der Waals surface area contributed by atoms with Crippen LogP contribution in [0, 0.1) is 0 Å². The van der Waals surface area contributed by atoms with Gasteiger partial charge in [0.1, 0.15) is 11.2 Å². The molecule has 0 unspecified atom stereocenters.